The van der Waals surface area contributed by atoms with E-state index in [2.05, 4.69) is 32.0 Å². The molecule has 4 aromatic heterocycles. The molecule has 0 bridgehead atoms. The average Bonchev–Trinajstić information content (AvgIpc) is 3.29. The lowest BCUT2D eigenvalue weighted by Crippen LogP contribution is -2.44. The second-order valence-corrected chi connectivity index (χ2v) is 7.47. The van der Waals surface area contributed by atoms with Gasteiger partial charge in [0.2, 0.25) is 5.95 Å². The summed E-state index contributed by atoms with van der Waals surface area (Å²) < 4.78 is 20.4. The fraction of sp³-hybridized carbons (Fsp3) is 0.273. The zero-order valence-electron chi connectivity index (χ0n) is 16.8. The number of hydrogen-bond donors (Lipinski definition) is 1. The van der Waals surface area contributed by atoms with E-state index in [1.54, 1.807) is 24.5 Å². The number of anilines is 1. The number of ether oxygens (including phenoxy) is 1. The number of fused-ring (bicyclic) bond motifs is 1. The smallest absolute Gasteiger partial charge is 0.220 e. The zero-order valence-corrected chi connectivity index (χ0v) is 16.8. The fourth-order valence-electron chi connectivity index (χ4n) is 3.99. The van der Waals surface area contributed by atoms with Gasteiger partial charge in [0.1, 0.15) is 17.0 Å². The molecule has 1 aliphatic rings. The molecule has 152 valence electrons. The van der Waals surface area contributed by atoms with Crippen molar-refractivity contribution in [3.63, 3.8) is 0 Å². The number of aryl methyl sites for hydroxylation is 1. The highest BCUT2D eigenvalue weighted by Gasteiger charge is 2.24. The van der Waals surface area contributed by atoms with Crippen LogP contribution in [0.5, 0.6) is 0 Å². The van der Waals surface area contributed by atoms with Gasteiger partial charge in [0.05, 0.1) is 24.9 Å². The van der Waals surface area contributed by atoms with Gasteiger partial charge in [-0.1, -0.05) is 0 Å². The number of hydrogen-bond acceptors (Lipinski definition) is 6. The third-order valence-electron chi connectivity index (χ3n) is 5.48. The molecule has 0 spiro atoms. The van der Waals surface area contributed by atoms with Crippen molar-refractivity contribution in [2.24, 2.45) is 0 Å². The maximum atomic E-state index is 14.8. The number of rotatable bonds is 3. The summed E-state index contributed by atoms with van der Waals surface area (Å²) in [6.07, 6.45) is 4.92. The highest BCUT2D eigenvalue weighted by molar-refractivity contribution is 6.03. The van der Waals surface area contributed by atoms with Gasteiger partial charge in [0.25, 0.3) is 0 Å². The fourth-order valence-corrected chi connectivity index (χ4v) is 3.99. The summed E-state index contributed by atoms with van der Waals surface area (Å²) in [6.45, 7) is 6.02. The van der Waals surface area contributed by atoms with Crippen molar-refractivity contribution < 1.29 is 9.13 Å². The molecular weight excluding hydrogens is 383 g/mol. The van der Waals surface area contributed by atoms with Crippen LogP contribution in [0.1, 0.15) is 12.5 Å². The molecule has 0 amide bonds. The summed E-state index contributed by atoms with van der Waals surface area (Å²) in [7, 11) is 0. The Hall–Kier alpha value is -3.39. The Labute approximate surface area is 173 Å². The van der Waals surface area contributed by atoms with Crippen molar-refractivity contribution in [3.05, 3.63) is 54.4 Å². The van der Waals surface area contributed by atoms with Crippen molar-refractivity contribution in [3.8, 4) is 22.5 Å². The van der Waals surface area contributed by atoms with Crippen LogP contribution in [0.4, 0.5) is 10.2 Å². The molecule has 0 unspecified atom stereocenters. The van der Waals surface area contributed by atoms with Crippen molar-refractivity contribution >= 4 is 16.7 Å². The van der Waals surface area contributed by atoms with Crippen molar-refractivity contribution in [2.45, 2.75) is 19.9 Å². The predicted molar refractivity (Wildman–Crippen MR) is 113 cm³/mol. The van der Waals surface area contributed by atoms with Crippen LogP contribution in [-0.4, -0.2) is 50.9 Å². The highest BCUT2D eigenvalue weighted by Crippen LogP contribution is 2.37. The minimum absolute atomic E-state index is 0.156. The van der Waals surface area contributed by atoms with Crippen LogP contribution in [-0.2, 0) is 4.74 Å². The number of aromatic amines is 1. The number of H-pyrrole nitrogens is 1. The normalized spacial score (nSPS) is 16.9. The summed E-state index contributed by atoms with van der Waals surface area (Å²) >= 11 is 0. The Kier molecular flexibility index (Phi) is 4.63. The molecule has 8 heteroatoms. The SMILES string of the molecule is Cc1cnc(-c2ccn[nH]2)c2nc(N3CCOC[C@H]3C)cc(-c3cccnc3F)c12. The van der Waals surface area contributed by atoms with Crippen LogP contribution in [0.3, 0.4) is 0 Å². The van der Waals surface area contributed by atoms with Gasteiger partial charge in [-0.05, 0) is 49.2 Å². The Bertz CT molecular complexity index is 1210. The maximum Gasteiger partial charge on any atom is 0.220 e. The van der Waals surface area contributed by atoms with E-state index in [1.807, 2.05) is 19.1 Å². The summed E-state index contributed by atoms with van der Waals surface area (Å²) in [5.74, 6) is 0.259. The highest BCUT2D eigenvalue weighted by atomic mass is 19.1. The number of aromatic nitrogens is 5. The van der Waals surface area contributed by atoms with E-state index in [0.29, 0.717) is 36.5 Å². The first kappa shape index (κ1) is 18.6. The lowest BCUT2D eigenvalue weighted by molar-refractivity contribution is 0.0986. The van der Waals surface area contributed by atoms with Gasteiger partial charge in [-0.25, -0.2) is 9.97 Å². The summed E-state index contributed by atoms with van der Waals surface area (Å²) in [5, 5.41) is 7.88. The molecule has 30 heavy (non-hydrogen) atoms. The van der Waals surface area contributed by atoms with Crippen molar-refractivity contribution in [1.29, 1.82) is 0 Å². The van der Waals surface area contributed by atoms with Crippen LogP contribution in [0, 0.1) is 12.9 Å². The van der Waals surface area contributed by atoms with E-state index < -0.39 is 5.95 Å². The van der Waals surface area contributed by atoms with Gasteiger partial charge >= 0.3 is 0 Å². The lowest BCUT2D eigenvalue weighted by atomic mass is 9.98. The zero-order chi connectivity index (χ0) is 20.7. The molecular formula is C22H21FN6O. The minimum Gasteiger partial charge on any atom is -0.377 e. The third kappa shape index (κ3) is 3.09. The van der Waals surface area contributed by atoms with E-state index in [1.165, 1.54) is 6.20 Å². The van der Waals surface area contributed by atoms with E-state index in [4.69, 9.17) is 9.72 Å². The molecule has 1 N–H and O–H groups in total. The quantitative estimate of drug-likeness (QED) is 0.524. The largest absolute Gasteiger partial charge is 0.377 e. The molecule has 5 rings (SSSR count). The van der Waals surface area contributed by atoms with Gasteiger partial charge in [0, 0.05) is 36.1 Å². The van der Waals surface area contributed by atoms with Crippen molar-refractivity contribution in [2.75, 3.05) is 24.7 Å². The van der Waals surface area contributed by atoms with E-state index in [0.717, 1.165) is 28.0 Å². The molecule has 1 aliphatic heterocycles. The molecule has 0 aromatic carbocycles. The first-order chi connectivity index (χ1) is 14.6. The second-order valence-electron chi connectivity index (χ2n) is 7.47. The predicted octanol–water partition coefficient (Wildman–Crippen LogP) is 3.75. The number of pyridine rings is 3. The summed E-state index contributed by atoms with van der Waals surface area (Å²) in [4.78, 5) is 15.7. The Morgan fingerprint density at radius 1 is 1.20 bits per heavy atom. The topological polar surface area (TPSA) is 79.8 Å². The molecule has 0 aliphatic carbocycles. The van der Waals surface area contributed by atoms with Gasteiger partial charge in [-0.2, -0.15) is 9.49 Å². The van der Waals surface area contributed by atoms with Crippen molar-refractivity contribution in [1.82, 2.24) is 25.1 Å². The monoisotopic (exact) mass is 404 g/mol. The molecule has 0 radical (unpaired) electrons. The van der Waals surface area contributed by atoms with Gasteiger partial charge in [-0.15, -0.1) is 0 Å². The van der Waals surface area contributed by atoms with Gasteiger partial charge in [-0.3, -0.25) is 10.1 Å². The Morgan fingerprint density at radius 2 is 2.10 bits per heavy atom. The van der Waals surface area contributed by atoms with E-state index >= 15 is 0 Å². The maximum absolute atomic E-state index is 14.8. The molecule has 0 saturated carbocycles. The number of nitrogens with zero attached hydrogens (tertiary/aromatic N) is 5. The minimum atomic E-state index is -0.509. The molecule has 7 nitrogen and oxygen atoms in total. The lowest BCUT2D eigenvalue weighted by Gasteiger charge is -2.34. The average molecular weight is 404 g/mol. The van der Waals surface area contributed by atoms with E-state index in [-0.39, 0.29) is 6.04 Å². The number of morpholine rings is 1. The number of halogens is 1. The van der Waals surface area contributed by atoms with Crippen LogP contribution in [0.25, 0.3) is 33.4 Å². The first-order valence-electron chi connectivity index (χ1n) is 9.89. The molecule has 5 heterocycles. The molecule has 4 aromatic rings. The Balaban J connectivity index is 1.85. The second kappa shape index (κ2) is 7.46. The van der Waals surface area contributed by atoms with Gasteiger partial charge in [0.15, 0.2) is 0 Å². The van der Waals surface area contributed by atoms with Gasteiger partial charge < -0.3 is 9.64 Å². The summed E-state index contributed by atoms with van der Waals surface area (Å²) in [5.41, 5.74) is 4.25. The number of nitrogens with one attached hydrogen (secondary N) is 1. The summed E-state index contributed by atoms with van der Waals surface area (Å²) in [6, 6.07) is 7.46. The third-order valence-corrected chi connectivity index (χ3v) is 5.48. The van der Waals surface area contributed by atoms with Crippen LogP contribution >= 0.6 is 0 Å². The van der Waals surface area contributed by atoms with Crippen LogP contribution < -0.4 is 4.90 Å². The molecule has 1 atom stereocenters. The van der Waals surface area contributed by atoms with Crippen LogP contribution in [0.15, 0.2) is 42.9 Å². The van der Waals surface area contributed by atoms with E-state index in [9.17, 15) is 4.39 Å². The standard InChI is InChI=1S/C22H21FN6O/c1-13-11-25-20(17-5-7-26-28-17)21-19(13)16(15-4-3-6-24-22(15)23)10-18(27-21)29-8-9-30-12-14(29)2/h3-7,10-11,14H,8-9,12H2,1-2H3,(H,26,28)/t14-/m1/s1. The first-order valence-corrected chi connectivity index (χ1v) is 9.89. The van der Waals surface area contributed by atoms with Crippen LogP contribution in [0.2, 0.25) is 0 Å². The molecule has 1 saturated heterocycles. The Morgan fingerprint density at radius 3 is 2.87 bits per heavy atom. The molecule has 1 fully saturated rings.